The lowest BCUT2D eigenvalue weighted by atomic mass is 9.95. The summed E-state index contributed by atoms with van der Waals surface area (Å²) >= 11 is 1.73. The van der Waals surface area contributed by atoms with Crippen LogP contribution in [0.25, 0.3) is 11.3 Å². The summed E-state index contributed by atoms with van der Waals surface area (Å²) in [6.45, 7) is 7.72. The Morgan fingerprint density at radius 1 is 1.41 bits per heavy atom. The minimum absolute atomic E-state index is 0.129. The van der Waals surface area contributed by atoms with Crippen LogP contribution >= 0.6 is 11.3 Å². The number of rotatable bonds is 6. The number of hydrogen-bond donors (Lipinski definition) is 1. The third-order valence-electron chi connectivity index (χ3n) is 4.20. The number of aromatic nitrogens is 1. The van der Waals surface area contributed by atoms with E-state index in [2.05, 4.69) is 34.6 Å². The minimum atomic E-state index is -0.129. The normalized spacial score (nSPS) is 13.0. The maximum absolute atomic E-state index is 12.3. The van der Waals surface area contributed by atoms with E-state index in [-0.39, 0.29) is 5.91 Å². The standard InChI is InChI=1S/C16H21N3O2S/c1-3-19(4-2)9-8-17-16(20)14-12-5-6-13-11(7-10-22-13)15(12)21-18-14/h7,10H,3-6,8-9H2,1-2H3,(H,17,20). The Kier molecular flexibility index (Phi) is 4.59. The number of fused-ring (bicyclic) bond motifs is 3. The Bertz CT molecular complexity index is 658. The van der Waals surface area contributed by atoms with Crippen molar-refractivity contribution in [2.24, 2.45) is 0 Å². The van der Waals surface area contributed by atoms with E-state index in [1.165, 1.54) is 4.88 Å². The maximum Gasteiger partial charge on any atom is 0.273 e. The molecular weight excluding hydrogens is 298 g/mol. The Morgan fingerprint density at radius 2 is 2.23 bits per heavy atom. The SMILES string of the molecule is CCN(CC)CCNC(=O)c1noc2c1CCc1sccc1-2. The van der Waals surface area contributed by atoms with E-state index < -0.39 is 0 Å². The molecule has 22 heavy (non-hydrogen) atoms. The van der Waals surface area contributed by atoms with Crippen molar-refractivity contribution in [1.82, 2.24) is 15.4 Å². The Morgan fingerprint density at radius 3 is 3.00 bits per heavy atom. The zero-order chi connectivity index (χ0) is 15.5. The molecular formula is C16H21N3O2S. The quantitative estimate of drug-likeness (QED) is 0.889. The molecule has 5 nitrogen and oxygen atoms in total. The van der Waals surface area contributed by atoms with Crippen LogP contribution in [0.4, 0.5) is 0 Å². The summed E-state index contributed by atoms with van der Waals surface area (Å²) in [4.78, 5) is 15.9. The first-order chi connectivity index (χ1) is 10.7. The molecule has 0 saturated heterocycles. The van der Waals surface area contributed by atoms with Crippen molar-refractivity contribution >= 4 is 17.2 Å². The van der Waals surface area contributed by atoms with Gasteiger partial charge in [-0.05, 0) is 37.4 Å². The molecule has 6 heteroatoms. The fraction of sp³-hybridized carbons (Fsp3) is 0.500. The second-order valence-corrected chi connectivity index (χ2v) is 6.38. The summed E-state index contributed by atoms with van der Waals surface area (Å²) in [5, 5.41) is 9.03. The van der Waals surface area contributed by atoms with Gasteiger partial charge in [-0.1, -0.05) is 19.0 Å². The second-order valence-electron chi connectivity index (χ2n) is 5.38. The smallest absolute Gasteiger partial charge is 0.273 e. The fourth-order valence-electron chi connectivity index (χ4n) is 2.86. The molecule has 0 unspecified atom stereocenters. The number of nitrogens with one attached hydrogen (secondary N) is 1. The molecule has 0 fully saturated rings. The average Bonchev–Trinajstić information content (AvgIpc) is 3.16. The molecule has 0 aromatic carbocycles. The van der Waals surface area contributed by atoms with Crippen LogP contribution in [0, 0.1) is 0 Å². The first-order valence-corrected chi connectivity index (χ1v) is 8.68. The monoisotopic (exact) mass is 319 g/mol. The van der Waals surface area contributed by atoms with Gasteiger partial charge in [-0.25, -0.2) is 0 Å². The Hall–Kier alpha value is -1.66. The molecule has 0 saturated carbocycles. The first kappa shape index (κ1) is 15.2. The van der Waals surface area contributed by atoms with Crippen molar-refractivity contribution in [2.45, 2.75) is 26.7 Å². The van der Waals surface area contributed by atoms with E-state index in [1.807, 2.05) is 6.07 Å². The van der Waals surface area contributed by atoms with Gasteiger partial charge < -0.3 is 14.7 Å². The lowest BCUT2D eigenvalue weighted by Crippen LogP contribution is -2.35. The van der Waals surface area contributed by atoms with Gasteiger partial charge in [0.1, 0.15) is 0 Å². The molecule has 0 atom stereocenters. The van der Waals surface area contributed by atoms with Crippen molar-refractivity contribution in [3.8, 4) is 11.3 Å². The van der Waals surface area contributed by atoms with Gasteiger partial charge in [0.05, 0.1) is 0 Å². The predicted molar refractivity (Wildman–Crippen MR) is 87.3 cm³/mol. The van der Waals surface area contributed by atoms with E-state index >= 15 is 0 Å². The van der Waals surface area contributed by atoms with Crippen LogP contribution in [0.15, 0.2) is 16.0 Å². The van der Waals surface area contributed by atoms with Gasteiger partial charge in [-0.3, -0.25) is 4.79 Å². The van der Waals surface area contributed by atoms with Gasteiger partial charge in [0.2, 0.25) is 0 Å². The molecule has 1 aliphatic rings. The third kappa shape index (κ3) is 2.80. The lowest BCUT2D eigenvalue weighted by molar-refractivity contribution is 0.0939. The number of amides is 1. The minimum Gasteiger partial charge on any atom is -0.355 e. The average molecular weight is 319 g/mol. The van der Waals surface area contributed by atoms with E-state index in [0.29, 0.717) is 12.2 Å². The highest BCUT2D eigenvalue weighted by atomic mass is 32.1. The van der Waals surface area contributed by atoms with Crippen LogP contribution < -0.4 is 5.32 Å². The number of likely N-dealkylation sites (N-methyl/N-ethyl adjacent to an activating group) is 1. The number of aryl methyl sites for hydroxylation is 1. The number of carbonyl (C=O) groups is 1. The van der Waals surface area contributed by atoms with Gasteiger partial charge in [0.25, 0.3) is 5.91 Å². The summed E-state index contributed by atoms with van der Waals surface area (Å²) in [5.74, 6) is 0.646. The maximum atomic E-state index is 12.3. The molecule has 0 radical (unpaired) electrons. The second kappa shape index (κ2) is 6.62. The van der Waals surface area contributed by atoms with E-state index in [1.54, 1.807) is 11.3 Å². The zero-order valence-electron chi connectivity index (χ0n) is 13.0. The predicted octanol–water partition coefficient (Wildman–Crippen LogP) is 2.57. The molecule has 3 rings (SSSR count). The fourth-order valence-corrected chi connectivity index (χ4v) is 3.73. The van der Waals surface area contributed by atoms with Crippen molar-refractivity contribution < 1.29 is 9.32 Å². The Balaban J connectivity index is 1.68. The van der Waals surface area contributed by atoms with Crippen LogP contribution in [-0.4, -0.2) is 42.1 Å². The number of carbonyl (C=O) groups excluding carboxylic acids is 1. The van der Waals surface area contributed by atoms with Gasteiger partial charge in [-0.15, -0.1) is 11.3 Å². The summed E-state index contributed by atoms with van der Waals surface area (Å²) in [5.41, 5.74) is 2.50. The van der Waals surface area contributed by atoms with Crippen molar-refractivity contribution in [3.63, 3.8) is 0 Å². The van der Waals surface area contributed by atoms with Gasteiger partial charge in [0.15, 0.2) is 11.5 Å². The molecule has 2 aromatic heterocycles. The van der Waals surface area contributed by atoms with Crippen LogP contribution in [0.3, 0.4) is 0 Å². The van der Waals surface area contributed by atoms with Gasteiger partial charge in [-0.2, -0.15) is 0 Å². The number of nitrogens with zero attached hydrogens (tertiary/aromatic N) is 2. The first-order valence-electron chi connectivity index (χ1n) is 7.80. The number of thiophene rings is 1. The molecule has 0 bridgehead atoms. The van der Waals surface area contributed by atoms with E-state index in [4.69, 9.17) is 4.52 Å². The molecule has 1 amide bonds. The highest BCUT2D eigenvalue weighted by molar-refractivity contribution is 7.10. The molecule has 0 spiro atoms. The largest absolute Gasteiger partial charge is 0.355 e. The molecule has 2 heterocycles. The summed E-state index contributed by atoms with van der Waals surface area (Å²) in [6.07, 6.45) is 1.78. The van der Waals surface area contributed by atoms with Crippen molar-refractivity contribution in [1.29, 1.82) is 0 Å². The molecule has 0 aliphatic heterocycles. The molecule has 118 valence electrons. The van der Waals surface area contributed by atoms with Gasteiger partial charge in [0, 0.05) is 29.1 Å². The summed E-state index contributed by atoms with van der Waals surface area (Å²) in [6, 6.07) is 2.05. The molecule has 2 aromatic rings. The lowest BCUT2D eigenvalue weighted by Gasteiger charge is -2.17. The van der Waals surface area contributed by atoms with Gasteiger partial charge >= 0.3 is 0 Å². The number of hydrogen-bond acceptors (Lipinski definition) is 5. The van der Waals surface area contributed by atoms with Crippen LogP contribution in [0.5, 0.6) is 0 Å². The van der Waals surface area contributed by atoms with Crippen LogP contribution in [0.1, 0.15) is 34.8 Å². The highest BCUT2D eigenvalue weighted by Gasteiger charge is 2.28. The van der Waals surface area contributed by atoms with E-state index in [9.17, 15) is 4.79 Å². The van der Waals surface area contributed by atoms with E-state index in [0.717, 1.165) is 49.4 Å². The van der Waals surface area contributed by atoms with Crippen molar-refractivity contribution in [2.75, 3.05) is 26.2 Å². The van der Waals surface area contributed by atoms with Crippen LogP contribution in [0.2, 0.25) is 0 Å². The van der Waals surface area contributed by atoms with Crippen molar-refractivity contribution in [3.05, 3.63) is 27.6 Å². The Labute approximate surface area is 134 Å². The van der Waals surface area contributed by atoms with Crippen LogP contribution in [-0.2, 0) is 12.8 Å². The highest BCUT2D eigenvalue weighted by Crippen LogP contribution is 2.37. The summed E-state index contributed by atoms with van der Waals surface area (Å²) in [7, 11) is 0. The molecule has 1 N–H and O–H groups in total. The summed E-state index contributed by atoms with van der Waals surface area (Å²) < 4.78 is 5.45. The third-order valence-corrected chi connectivity index (χ3v) is 5.18. The zero-order valence-corrected chi connectivity index (χ0v) is 13.8. The topological polar surface area (TPSA) is 58.4 Å². The molecule has 1 aliphatic carbocycles.